The maximum absolute atomic E-state index is 14.1. The van der Waals surface area contributed by atoms with Crippen molar-refractivity contribution in [3.05, 3.63) is 40.6 Å². The molecule has 6 rings (SSSR count). The predicted octanol–water partition coefficient (Wildman–Crippen LogP) is -2.53. The van der Waals surface area contributed by atoms with Crippen LogP contribution in [0.2, 0.25) is 0 Å². The van der Waals surface area contributed by atoms with Crippen LogP contribution in [0.5, 0.6) is 28.7 Å². The van der Waals surface area contributed by atoms with Crippen LogP contribution in [0.25, 0.3) is 22.3 Å². The number of aliphatic hydroxyl groups is 8. The third kappa shape index (κ3) is 7.41. The molecule has 0 amide bonds. The van der Waals surface area contributed by atoms with E-state index in [1.165, 1.54) is 33.1 Å². The van der Waals surface area contributed by atoms with Crippen molar-refractivity contribution < 1.29 is 93.7 Å². The first kappa shape index (κ1) is 39.8. The fourth-order valence-corrected chi connectivity index (χ4v) is 6.37. The predicted molar refractivity (Wildman–Crippen MR) is 176 cm³/mol. The largest absolute Gasteiger partial charge is 0.507 e. The molecule has 20 heteroatoms. The standard InChI is InChI=1S/C34H42O20/c1-10-20(38)24(42)26(44)32(49-10)48-9-18-22(40)30(53-33-27(45)25(43)21(39)11(2)50-33)28(46)34(52-18)54-31-23(41)19-16(37)7-13(47-3)8-17(19)51-29(31)12-4-5-14(35)15(36)6-12/h4-8,10-11,18,20-22,24-28,30,32-40,42-46H,9H2,1-3H3/t10-,11-,18+,20-,21-,22-,24+,25+,26+,27+,28+,30-,32+,33-,34-/m0/s1. The van der Waals surface area contributed by atoms with Crippen LogP contribution in [0.4, 0.5) is 0 Å². The summed E-state index contributed by atoms with van der Waals surface area (Å²) in [5, 5.41) is 116. The number of benzene rings is 2. The summed E-state index contributed by atoms with van der Waals surface area (Å²) in [6.07, 6.45) is -24.9. The summed E-state index contributed by atoms with van der Waals surface area (Å²) >= 11 is 0. The van der Waals surface area contributed by atoms with Crippen LogP contribution in [0.3, 0.4) is 0 Å². The normalized spacial score (nSPS) is 37.3. The monoisotopic (exact) mass is 770 g/mol. The van der Waals surface area contributed by atoms with Crippen LogP contribution >= 0.6 is 0 Å². The van der Waals surface area contributed by atoms with Gasteiger partial charge in [0, 0.05) is 17.7 Å². The molecule has 1 aromatic heterocycles. The number of aliphatic hydroxyl groups excluding tert-OH is 8. The molecular formula is C34H42O20. The molecule has 2 aromatic carbocycles. The molecule has 3 saturated heterocycles. The van der Waals surface area contributed by atoms with Gasteiger partial charge in [0.1, 0.15) is 83.5 Å². The SMILES string of the molecule is COc1cc(O)c2c(=O)c(O[C@@H]3O[C@H](CO[C@@H]4O[C@@H](C)[C@H](O)[C@@H](O)[C@H]4O)[C@H](O)[C@H](O[C@@H]4O[C@@H](C)[C@H](O)[C@@H](O)[C@H]4O)[C@H]3O)c(-c3ccc(O)c(O)c3)oc2c1. The molecule has 0 unspecified atom stereocenters. The summed E-state index contributed by atoms with van der Waals surface area (Å²) < 4.78 is 45.3. The summed E-state index contributed by atoms with van der Waals surface area (Å²) in [6, 6.07) is 5.77. The van der Waals surface area contributed by atoms with Gasteiger partial charge < -0.3 is 93.7 Å². The number of ether oxygens (including phenoxy) is 7. The van der Waals surface area contributed by atoms with Gasteiger partial charge in [0.25, 0.3) is 0 Å². The van der Waals surface area contributed by atoms with Gasteiger partial charge in [-0.05, 0) is 32.0 Å². The zero-order valence-electron chi connectivity index (χ0n) is 28.8. The Bertz CT molecular complexity index is 1850. The van der Waals surface area contributed by atoms with Gasteiger partial charge in [-0.1, -0.05) is 0 Å². The van der Waals surface area contributed by atoms with E-state index in [0.717, 1.165) is 18.2 Å². The minimum absolute atomic E-state index is 0.0433. The lowest BCUT2D eigenvalue weighted by Crippen LogP contribution is -2.65. The minimum atomic E-state index is -2.07. The van der Waals surface area contributed by atoms with Crippen LogP contribution in [0, 0.1) is 0 Å². The van der Waals surface area contributed by atoms with E-state index < -0.39 is 138 Å². The molecule has 3 fully saturated rings. The fourth-order valence-electron chi connectivity index (χ4n) is 6.37. The first-order valence-electron chi connectivity index (χ1n) is 16.8. The number of fused-ring (bicyclic) bond motifs is 1. The van der Waals surface area contributed by atoms with Crippen molar-refractivity contribution in [2.24, 2.45) is 0 Å². The van der Waals surface area contributed by atoms with Gasteiger partial charge in [-0.2, -0.15) is 0 Å². The Morgan fingerprint density at radius 1 is 0.667 bits per heavy atom. The van der Waals surface area contributed by atoms with Gasteiger partial charge in [-0.15, -0.1) is 0 Å². The molecule has 15 atom stereocenters. The van der Waals surface area contributed by atoms with E-state index in [2.05, 4.69) is 0 Å². The Kier molecular flexibility index (Phi) is 11.6. The second kappa shape index (κ2) is 15.7. The molecule has 0 bridgehead atoms. The average molecular weight is 771 g/mol. The zero-order chi connectivity index (χ0) is 39.3. The van der Waals surface area contributed by atoms with Crippen LogP contribution in [0.1, 0.15) is 13.8 Å². The van der Waals surface area contributed by atoms with E-state index in [0.29, 0.717) is 0 Å². The van der Waals surface area contributed by atoms with Crippen molar-refractivity contribution >= 4 is 11.0 Å². The van der Waals surface area contributed by atoms with Gasteiger partial charge in [0.2, 0.25) is 17.5 Å². The van der Waals surface area contributed by atoms with Crippen LogP contribution < -0.4 is 14.9 Å². The molecule has 3 aromatic rings. The molecule has 0 spiro atoms. The molecule has 3 aliphatic rings. The maximum Gasteiger partial charge on any atom is 0.239 e. The quantitative estimate of drug-likeness (QED) is 0.0999. The smallest absolute Gasteiger partial charge is 0.239 e. The number of rotatable bonds is 9. The van der Waals surface area contributed by atoms with E-state index in [-0.39, 0.29) is 16.9 Å². The van der Waals surface area contributed by atoms with E-state index in [1.54, 1.807) is 0 Å². The molecule has 3 aliphatic heterocycles. The van der Waals surface area contributed by atoms with Gasteiger partial charge >= 0.3 is 0 Å². The van der Waals surface area contributed by atoms with Crippen molar-refractivity contribution in [2.45, 2.75) is 106 Å². The summed E-state index contributed by atoms with van der Waals surface area (Å²) in [5.41, 5.74) is -1.27. The third-order valence-corrected chi connectivity index (χ3v) is 9.59. The van der Waals surface area contributed by atoms with E-state index >= 15 is 0 Å². The lowest BCUT2D eigenvalue weighted by atomic mass is 9.97. The highest BCUT2D eigenvalue weighted by atomic mass is 16.7. The molecule has 0 saturated carbocycles. The van der Waals surface area contributed by atoms with Gasteiger partial charge in [0.05, 0.1) is 25.9 Å². The molecule has 11 N–H and O–H groups in total. The molecule has 54 heavy (non-hydrogen) atoms. The number of phenols is 3. The summed E-state index contributed by atoms with van der Waals surface area (Å²) in [4.78, 5) is 14.1. The Morgan fingerprint density at radius 2 is 1.30 bits per heavy atom. The first-order valence-corrected chi connectivity index (χ1v) is 16.8. The first-order chi connectivity index (χ1) is 25.5. The summed E-state index contributed by atoms with van der Waals surface area (Å²) in [7, 11) is 1.30. The minimum Gasteiger partial charge on any atom is -0.507 e. The molecule has 20 nitrogen and oxygen atoms in total. The van der Waals surface area contributed by atoms with Crippen molar-refractivity contribution in [2.75, 3.05) is 13.7 Å². The molecule has 4 heterocycles. The second-order valence-electron chi connectivity index (χ2n) is 13.3. The van der Waals surface area contributed by atoms with Crippen molar-refractivity contribution in [3.63, 3.8) is 0 Å². The number of aromatic hydroxyl groups is 3. The zero-order valence-corrected chi connectivity index (χ0v) is 28.8. The van der Waals surface area contributed by atoms with Gasteiger partial charge in [0.15, 0.2) is 29.8 Å². The topological polar surface area (TPSA) is 317 Å². The lowest BCUT2D eigenvalue weighted by molar-refractivity contribution is -0.355. The van der Waals surface area contributed by atoms with Crippen LogP contribution in [-0.4, -0.2) is 162 Å². The Hall–Kier alpha value is -3.87. The second-order valence-corrected chi connectivity index (χ2v) is 13.3. The van der Waals surface area contributed by atoms with E-state index in [1.807, 2.05) is 0 Å². The number of hydrogen-bond donors (Lipinski definition) is 11. The van der Waals surface area contributed by atoms with E-state index in [9.17, 15) is 61.0 Å². The summed E-state index contributed by atoms with van der Waals surface area (Å²) in [5.74, 6) is -2.76. The molecule has 0 aliphatic carbocycles. The number of hydrogen-bond acceptors (Lipinski definition) is 20. The van der Waals surface area contributed by atoms with Crippen molar-refractivity contribution in [1.29, 1.82) is 0 Å². The molecular weight excluding hydrogens is 728 g/mol. The highest BCUT2D eigenvalue weighted by Gasteiger charge is 2.52. The van der Waals surface area contributed by atoms with Crippen LogP contribution in [-0.2, 0) is 23.7 Å². The lowest BCUT2D eigenvalue weighted by Gasteiger charge is -2.46. The Balaban J connectivity index is 1.39. The van der Waals surface area contributed by atoms with Gasteiger partial charge in [-0.25, -0.2) is 0 Å². The highest BCUT2D eigenvalue weighted by Crippen LogP contribution is 2.40. The highest BCUT2D eigenvalue weighted by molar-refractivity contribution is 5.88. The number of phenolic OH excluding ortho intramolecular Hbond substituents is 3. The Labute approximate surface area is 305 Å². The van der Waals surface area contributed by atoms with E-state index in [4.69, 9.17) is 37.6 Å². The van der Waals surface area contributed by atoms with Crippen molar-refractivity contribution in [3.8, 4) is 40.1 Å². The molecule has 298 valence electrons. The maximum atomic E-state index is 14.1. The average Bonchev–Trinajstić information content (AvgIpc) is 3.14. The molecule has 0 radical (unpaired) electrons. The summed E-state index contributed by atoms with van der Waals surface area (Å²) in [6.45, 7) is 2.08. The van der Waals surface area contributed by atoms with Gasteiger partial charge in [-0.3, -0.25) is 4.79 Å². The Morgan fingerprint density at radius 3 is 1.93 bits per heavy atom. The third-order valence-electron chi connectivity index (χ3n) is 9.59. The van der Waals surface area contributed by atoms with Crippen LogP contribution in [0.15, 0.2) is 39.5 Å². The fraction of sp³-hybridized carbons (Fsp3) is 0.559. The number of methoxy groups -OCH3 is 1. The van der Waals surface area contributed by atoms with Crippen molar-refractivity contribution in [1.82, 2.24) is 0 Å².